The van der Waals surface area contributed by atoms with Crippen molar-refractivity contribution in [2.75, 3.05) is 32.0 Å². The first-order chi connectivity index (χ1) is 13.0. The number of hydrogen-bond donors (Lipinski definition) is 3. The SMILES string of the molecule is CC(=N)N(C)C(S)C1CCC(N2CCC3(CC2)CNc2ccccc23)CC1. The zero-order valence-corrected chi connectivity index (χ0v) is 17.6. The molecule has 1 aromatic carbocycles. The molecule has 0 amide bonds. The number of nitrogens with zero attached hydrogens (tertiary/aromatic N) is 2. The fourth-order valence-corrected chi connectivity index (χ4v) is 5.97. The van der Waals surface area contributed by atoms with Crippen LogP contribution < -0.4 is 5.32 Å². The number of likely N-dealkylation sites (tertiary alicyclic amines) is 1. The van der Waals surface area contributed by atoms with Crippen LogP contribution in [0.2, 0.25) is 0 Å². The van der Waals surface area contributed by atoms with Gasteiger partial charge >= 0.3 is 0 Å². The van der Waals surface area contributed by atoms with Gasteiger partial charge in [-0.15, -0.1) is 0 Å². The van der Waals surface area contributed by atoms with Crippen LogP contribution in [0.4, 0.5) is 5.69 Å². The highest BCUT2D eigenvalue weighted by atomic mass is 32.1. The van der Waals surface area contributed by atoms with Crippen LogP contribution in [-0.4, -0.2) is 53.7 Å². The van der Waals surface area contributed by atoms with Crippen LogP contribution in [0.5, 0.6) is 0 Å². The molecule has 4 rings (SSSR count). The Bertz CT molecular complexity index is 675. The lowest BCUT2D eigenvalue weighted by atomic mass is 9.73. The van der Waals surface area contributed by atoms with E-state index in [0.29, 0.717) is 17.2 Å². The lowest BCUT2D eigenvalue weighted by Gasteiger charge is -2.45. The number of amidine groups is 1. The number of rotatable bonds is 3. The van der Waals surface area contributed by atoms with Crippen molar-refractivity contribution < 1.29 is 0 Å². The van der Waals surface area contributed by atoms with E-state index in [2.05, 4.69) is 34.5 Å². The van der Waals surface area contributed by atoms with Gasteiger partial charge in [0.15, 0.2) is 0 Å². The quantitative estimate of drug-likeness (QED) is 0.316. The number of benzene rings is 1. The molecule has 1 atom stereocenters. The number of nitrogens with one attached hydrogen (secondary N) is 2. The summed E-state index contributed by atoms with van der Waals surface area (Å²) < 4.78 is 0. The summed E-state index contributed by atoms with van der Waals surface area (Å²) in [6.45, 7) is 5.43. The average molecular weight is 387 g/mol. The van der Waals surface area contributed by atoms with Gasteiger partial charge in [-0.2, -0.15) is 12.6 Å². The first kappa shape index (κ1) is 19.1. The van der Waals surface area contributed by atoms with Crippen LogP contribution in [0.15, 0.2) is 24.3 Å². The molecular weight excluding hydrogens is 352 g/mol. The minimum Gasteiger partial charge on any atom is -0.384 e. The summed E-state index contributed by atoms with van der Waals surface area (Å²) in [4.78, 5) is 4.78. The Labute approximate surface area is 169 Å². The Morgan fingerprint density at radius 1 is 1.22 bits per heavy atom. The molecule has 0 radical (unpaired) electrons. The Hall–Kier alpha value is -1.20. The monoisotopic (exact) mass is 386 g/mol. The highest BCUT2D eigenvalue weighted by molar-refractivity contribution is 7.80. The molecule has 0 bridgehead atoms. The average Bonchev–Trinajstić information content (AvgIpc) is 3.06. The molecule has 0 aromatic heterocycles. The molecule has 5 heteroatoms. The molecule has 2 fully saturated rings. The molecule has 148 valence electrons. The van der Waals surface area contributed by atoms with E-state index in [4.69, 9.17) is 18.0 Å². The normalized spacial score (nSPS) is 28.4. The van der Waals surface area contributed by atoms with Crippen molar-refractivity contribution in [1.82, 2.24) is 9.80 Å². The molecule has 3 aliphatic rings. The Balaban J connectivity index is 1.31. The van der Waals surface area contributed by atoms with Gasteiger partial charge in [0.2, 0.25) is 0 Å². The Morgan fingerprint density at radius 3 is 2.56 bits per heavy atom. The second-order valence-electron chi connectivity index (χ2n) is 8.89. The second-order valence-corrected chi connectivity index (χ2v) is 9.42. The third-order valence-corrected chi connectivity index (χ3v) is 8.24. The van der Waals surface area contributed by atoms with Crippen LogP contribution in [0.25, 0.3) is 0 Å². The van der Waals surface area contributed by atoms with E-state index in [1.165, 1.54) is 57.3 Å². The number of fused-ring (bicyclic) bond motifs is 2. The van der Waals surface area contributed by atoms with Crippen LogP contribution in [0.1, 0.15) is 51.0 Å². The summed E-state index contributed by atoms with van der Waals surface area (Å²) in [6.07, 6.45) is 7.61. The van der Waals surface area contributed by atoms with Gasteiger partial charge in [-0.3, -0.25) is 5.41 Å². The van der Waals surface area contributed by atoms with Crippen molar-refractivity contribution in [2.24, 2.45) is 5.92 Å². The zero-order chi connectivity index (χ0) is 19.0. The molecule has 1 unspecified atom stereocenters. The van der Waals surface area contributed by atoms with Crippen molar-refractivity contribution in [3.05, 3.63) is 29.8 Å². The third kappa shape index (κ3) is 3.61. The predicted octanol–water partition coefficient (Wildman–Crippen LogP) is 4.19. The summed E-state index contributed by atoms with van der Waals surface area (Å²) in [5, 5.41) is 11.7. The van der Waals surface area contributed by atoms with Crippen molar-refractivity contribution >= 4 is 24.2 Å². The highest BCUT2D eigenvalue weighted by Gasteiger charge is 2.42. The zero-order valence-electron chi connectivity index (χ0n) is 16.7. The first-order valence-electron chi connectivity index (χ1n) is 10.5. The van der Waals surface area contributed by atoms with Crippen LogP contribution in [-0.2, 0) is 5.41 Å². The smallest absolute Gasteiger partial charge is 0.0932 e. The fraction of sp³-hybridized carbons (Fsp3) is 0.682. The molecule has 2 heterocycles. The summed E-state index contributed by atoms with van der Waals surface area (Å²) >= 11 is 4.81. The topological polar surface area (TPSA) is 42.4 Å². The number of para-hydroxylation sites is 1. The first-order valence-corrected chi connectivity index (χ1v) is 11.1. The van der Waals surface area contributed by atoms with Crippen LogP contribution >= 0.6 is 12.6 Å². The van der Waals surface area contributed by atoms with Crippen molar-refractivity contribution in [3.8, 4) is 0 Å². The van der Waals surface area contributed by atoms with Gasteiger partial charge < -0.3 is 15.1 Å². The number of piperidine rings is 1. The van der Waals surface area contributed by atoms with E-state index in [-0.39, 0.29) is 5.37 Å². The van der Waals surface area contributed by atoms with Gasteiger partial charge in [-0.05, 0) is 76.1 Å². The molecule has 4 nitrogen and oxygen atoms in total. The predicted molar refractivity (Wildman–Crippen MR) is 117 cm³/mol. The lowest BCUT2D eigenvalue weighted by Crippen LogP contribution is -2.49. The minimum absolute atomic E-state index is 0.189. The molecule has 1 aromatic rings. The van der Waals surface area contributed by atoms with Gasteiger partial charge in [-0.25, -0.2) is 0 Å². The molecule has 1 aliphatic carbocycles. The van der Waals surface area contributed by atoms with Gasteiger partial charge in [0.25, 0.3) is 0 Å². The summed E-state index contributed by atoms with van der Waals surface area (Å²) in [7, 11) is 2.00. The molecule has 27 heavy (non-hydrogen) atoms. The largest absolute Gasteiger partial charge is 0.384 e. The van der Waals surface area contributed by atoms with Crippen molar-refractivity contribution in [2.45, 2.75) is 62.3 Å². The third-order valence-electron chi connectivity index (χ3n) is 7.48. The van der Waals surface area contributed by atoms with E-state index in [9.17, 15) is 0 Å². The van der Waals surface area contributed by atoms with E-state index in [1.54, 1.807) is 5.56 Å². The number of anilines is 1. The van der Waals surface area contributed by atoms with E-state index < -0.39 is 0 Å². The van der Waals surface area contributed by atoms with Crippen LogP contribution in [0.3, 0.4) is 0 Å². The number of thiol groups is 1. The molecule has 2 aliphatic heterocycles. The Morgan fingerprint density at radius 2 is 1.89 bits per heavy atom. The second kappa shape index (κ2) is 7.67. The van der Waals surface area contributed by atoms with Crippen molar-refractivity contribution in [1.29, 1.82) is 5.41 Å². The standard InChI is InChI=1S/C22H34N4S/c1-16(23)25(2)21(27)17-7-9-18(10-8-17)26-13-11-22(12-14-26)15-24-20-6-4-3-5-19(20)22/h3-6,17-18,21,23-24,27H,7-15H2,1-2H3. The maximum absolute atomic E-state index is 7.84. The Kier molecular flexibility index (Phi) is 5.43. The maximum Gasteiger partial charge on any atom is 0.0932 e. The van der Waals surface area contributed by atoms with Gasteiger partial charge in [0.05, 0.1) is 11.2 Å². The van der Waals surface area contributed by atoms with Crippen LogP contribution in [0, 0.1) is 11.3 Å². The fourth-order valence-electron chi connectivity index (χ4n) is 5.50. The molecule has 2 N–H and O–H groups in total. The van der Waals surface area contributed by atoms with E-state index >= 15 is 0 Å². The summed E-state index contributed by atoms with van der Waals surface area (Å²) in [5.74, 6) is 1.22. The summed E-state index contributed by atoms with van der Waals surface area (Å²) in [6, 6.07) is 9.66. The molecule has 1 saturated carbocycles. The highest BCUT2D eigenvalue weighted by Crippen LogP contribution is 2.45. The maximum atomic E-state index is 7.84. The minimum atomic E-state index is 0.189. The van der Waals surface area contributed by atoms with Crippen molar-refractivity contribution in [3.63, 3.8) is 0 Å². The van der Waals surface area contributed by atoms with Gasteiger partial charge in [0, 0.05) is 30.7 Å². The number of hydrogen-bond acceptors (Lipinski definition) is 4. The van der Waals surface area contributed by atoms with E-state index in [0.717, 1.165) is 12.6 Å². The molecular formula is C22H34N4S. The summed E-state index contributed by atoms with van der Waals surface area (Å²) in [5.41, 5.74) is 3.28. The molecule has 1 spiro atoms. The molecule has 1 saturated heterocycles. The van der Waals surface area contributed by atoms with E-state index in [1.807, 2.05) is 18.9 Å². The van der Waals surface area contributed by atoms with Gasteiger partial charge in [-0.1, -0.05) is 18.2 Å². The van der Waals surface area contributed by atoms with Gasteiger partial charge in [0.1, 0.15) is 0 Å². The lowest BCUT2D eigenvalue weighted by molar-refractivity contribution is 0.0824.